The minimum absolute atomic E-state index is 0.573. The van der Waals surface area contributed by atoms with Crippen LogP contribution in [0.25, 0.3) is 0 Å². The average Bonchev–Trinajstić information content (AvgIpc) is 2.81. The highest BCUT2D eigenvalue weighted by Gasteiger charge is 2.45. The van der Waals surface area contributed by atoms with Gasteiger partial charge in [-0.3, -0.25) is 0 Å². The first-order chi connectivity index (χ1) is 17.5. The van der Waals surface area contributed by atoms with Crippen LogP contribution in [0.1, 0.15) is 91.2 Å². The van der Waals surface area contributed by atoms with Gasteiger partial charge < -0.3 is 20.9 Å². The molecule has 2 aliphatic rings. The number of aryl methyl sites for hydroxylation is 4. The molecule has 200 valence electrons. The molecule has 0 heterocycles. The lowest BCUT2D eigenvalue weighted by atomic mass is 9.67. The molecule has 0 saturated heterocycles. The van der Waals surface area contributed by atoms with E-state index in [4.69, 9.17) is 20.9 Å². The van der Waals surface area contributed by atoms with E-state index in [-0.39, 0.29) is 0 Å². The van der Waals surface area contributed by atoms with Crippen LogP contribution < -0.4 is 11.5 Å². The lowest BCUT2D eigenvalue weighted by molar-refractivity contribution is -0.0409. The average molecular weight is 507 g/mol. The molecule has 2 amide bonds. The molecule has 0 unspecified atom stereocenters. The van der Waals surface area contributed by atoms with E-state index in [1.165, 1.54) is 0 Å². The Kier molecular flexibility index (Phi) is 7.86. The van der Waals surface area contributed by atoms with Crippen LogP contribution in [0.15, 0.2) is 36.4 Å². The molecule has 0 radical (unpaired) electrons. The molecule has 6 nitrogen and oxygen atoms in total. The maximum Gasteiger partial charge on any atom is 0.405 e. The largest absolute Gasteiger partial charge is 0.438 e. The van der Waals surface area contributed by atoms with Crippen LogP contribution in [-0.4, -0.2) is 12.2 Å². The lowest BCUT2D eigenvalue weighted by Gasteiger charge is -2.44. The summed E-state index contributed by atoms with van der Waals surface area (Å²) in [4.78, 5) is 23.8. The van der Waals surface area contributed by atoms with E-state index < -0.39 is 23.4 Å². The molecular weight excluding hydrogens is 464 g/mol. The number of nitrogens with two attached hydrogens (primary N) is 2. The van der Waals surface area contributed by atoms with Gasteiger partial charge in [-0.2, -0.15) is 0 Å². The van der Waals surface area contributed by atoms with Gasteiger partial charge in [-0.1, -0.05) is 36.4 Å². The van der Waals surface area contributed by atoms with Gasteiger partial charge in [-0.15, -0.1) is 0 Å². The van der Waals surface area contributed by atoms with Gasteiger partial charge in [-0.05, 0) is 120 Å². The third-order valence-corrected chi connectivity index (χ3v) is 8.96. The molecule has 4 N–H and O–H groups in total. The molecule has 2 aliphatic carbocycles. The first kappa shape index (κ1) is 27.0. The SMILES string of the molecule is Cc1cccc(C)c1C1(OC(N)=O)CCC(CC2CCC(OC(N)=O)(c3c(C)cccc3C)CC2)CC1. The van der Waals surface area contributed by atoms with Crippen molar-refractivity contribution in [2.75, 3.05) is 0 Å². The molecule has 6 heteroatoms. The molecule has 2 fully saturated rings. The Morgan fingerprint density at radius 3 is 1.24 bits per heavy atom. The number of amides is 2. The van der Waals surface area contributed by atoms with Crippen LogP contribution in [0.2, 0.25) is 0 Å². The zero-order chi connectivity index (χ0) is 26.8. The van der Waals surface area contributed by atoms with Crippen molar-refractivity contribution in [2.24, 2.45) is 23.3 Å². The predicted molar refractivity (Wildman–Crippen MR) is 145 cm³/mol. The standard InChI is InChI=1S/C31H42N2O4/c1-20-7-5-8-21(2)26(20)30(36-28(32)34)15-11-24(12-16-30)19-25-13-17-31(18-14-25,37-29(33)35)27-22(3)9-6-10-23(27)4/h5-10,24-25H,11-19H2,1-4H3,(H2,32,34)(H2,33,35). The van der Waals surface area contributed by atoms with Crippen molar-refractivity contribution in [3.63, 3.8) is 0 Å². The minimum atomic E-state index is -0.703. The maximum atomic E-state index is 11.9. The van der Waals surface area contributed by atoms with Gasteiger partial charge in [0.25, 0.3) is 0 Å². The fourth-order valence-electron chi connectivity index (χ4n) is 7.49. The van der Waals surface area contributed by atoms with E-state index >= 15 is 0 Å². The number of hydrogen-bond acceptors (Lipinski definition) is 4. The van der Waals surface area contributed by atoms with Gasteiger partial charge in [0, 0.05) is 11.1 Å². The Morgan fingerprint density at radius 1 is 0.676 bits per heavy atom. The number of primary amides is 2. The number of rotatable bonds is 6. The monoisotopic (exact) mass is 506 g/mol. The van der Waals surface area contributed by atoms with E-state index in [0.717, 1.165) is 91.2 Å². The molecule has 2 aromatic carbocycles. The van der Waals surface area contributed by atoms with Crippen molar-refractivity contribution in [3.8, 4) is 0 Å². The zero-order valence-corrected chi connectivity index (χ0v) is 22.8. The van der Waals surface area contributed by atoms with Crippen molar-refractivity contribution in [2.45, 2.75) is 96.7 Å². The summed E-state index contributed by atoms with van der Waals surface area (Å²) in [6.07, 6.45) is 6.87. The van der Waals surface area contributed by atoms with Gasteiger partial charge in [0.15, 0.2) is 0 Å². The summed E-state index contributed by atoms with van der Waals surface area (Å²) in [6.45, 7) is 8.33. The highest BCUT2D eigenvalue weighted by Crippen LogP contribution is 2.50. The second-order valence-corrected chi connectivity index (χ2v) is 11.5. The van der Waals surface area contributed by atoms with E-state index in [0.29, 0.717) is 11.8 Å². The molecule has 0 aliphatic heterocycles. The number of ether oxygens (including phenoxy) is 2. The molecule has 0 spiro atoms. The fraction of sp³-hybridized carbons (Fsp3) is 0.548. The lowest BCUT2D eigenvalue weighted by Crippen LogP contribution is -2.41. The van der Waals surface area contributed by atoms with Crippen LogP contribution in [0.3, 0.4) is 0 Å². The highest BCUT2D eigenvalue weighted by molar-refractivity contribution is 5.66. The molecule has 0 bridgehead atoms. The Labute approximate surface area is 221 Å². The van der Waals surface area contributed by atoms with E-state index in [1.807, 2.05) is 12.1 Å². The summed E-state index contributed by atoms with van der Waals surface area (Å²) in [6, 6.07) is 12.4. The topological polar surface area (TPSA) is 105 Å². The van der Waals surface area contributed by atoms with Gasteiger partial charge in [-0.25, -0.2) is 9.59 Å². The number of benzene rings is 2. The van der Waals surface area contributed by atoms with Gasteiger partial charge in [0.1, 0.15) is 11.2 Å². The smallest absolute Gasteiger partial charge is 0.405 e. The normalized spacial score (nSPS) is 27.9. The molecule has 4 rings (SSSR count). The van der Waals surface area contributed by atoms with E-state index in [1.54, 1.807) is 0 Å². The number of carbonyl (C=O) groups excluding carboxylic acids is 2. The number of hydrogen-bond donors (Lipinski definition) is 2. The van der Waals surface area contributed by atoms with Crippen molar-refractivity contribution in [1.29, 1.82) is 0 Å². The molecule has 0 atom stereocenters. The summed E-state index contributed by atoms with van der Waals surface area (Å²) in [5.74, 6) is 1.15. The van der Waals surface area contributed by atoms with Crippen LogP contribution >= 0.6 is 0 Å². The highest BCUT2D eigenvalue weighted by atomic mass is 16.6. The summed E-state index contributed by atoms with van der Waals surface area (Å²) >= 11 is 0. The zero-order valence-electron chi connectivity index (χ0n) is 22.8. The van der Waals surface area contributed by atoms with Gasteiger partial charge in [0.05, 0.1) is 0 Å². The van der Waals surface area contributed by atoms with Crippen molar-refractivity contribution in [3.05, 3.63) is 69.8 Å². The van der Waals surface area contributed by atoms with Crippen LogP contribution in [-0.2, 0) is 20.7 Å². The third kappa shape index (κ3) is 5.63. The van der Waals surface area contributed by atoms with Crippen LogP contribution in [0, 0.1) is 39.5 Å². The molecule has 0 aromatic heterocycles. The van der Waals surface area contributed by atoms with Crippen LogP contribution in [0.5, 0.6) is 0 Å². The summed E-state index contributed by atoms with van der Waals surface area (Å²) in [5, 5.41) is 0. The van der Waals surface area contributed by atoms with E-state index in [9.17, 15) is 9.59 Å². The second kappa shape index (κ2) is 10.8. The Morgan fingerprint density at radius 2 is 0.973 bits per heavy atom. The Bertz CT molecular complexity index is 1010. The molecule has 2 saturated carbocycles. The van der Waals surface area contributed by atoms with E-state index in [2.05, 4.69) is 52.0 Å². The molecule has 37 heavy (non-hydrogen) atoms. The number of carbonyl (C=O) groups is 2. The Balaban J connectivity index is 1.44. The fourth-order valence-corrected chi connectivity index (χ4v) is 7.49. The Hall–Kier alpha value is -3.02. The second-order valence-electron chi connectivity index (χ2n) is 11.5. The van der Waals surface area contributed by atoms with Crippen molar-refractivity contribution < 1.29 is 19.1 Å². The maximum absolute atomic E-state index is 11.9. The summed E-state index contributed by atoms with van der Waals surface area (Å²) in [7, 11) is 0. The third-order valence-electron chi connectivity index (χ3n) is 8.96. The van der Waals surface area contributed by atoms with Gasteiger partial charge in [0.2, 0.25) is 0 Å². The quantitative estimate of drug-likeness (QED) is 0.441. The first-order valence-corrected chi connectivity index (χ1v) is 13.7. The molecule has 2 aromatic rings. The van der Waals surface area contributed by atoms with Gasteiger partial charge >= 0.3 is 12.2 Å². The van der Waals surface area contributed by atoms with Crippen LogP contribution in [0.4, 0.5) is 9.59 Å². The van der Waals surface area contributed by atoms with Crippen molar-refractivity contribution in [1.82, 2.24) is 0 Å². The summed E-state index contributed by atoms with van der Waals surface area (Å²) < 4.78 is 11.8. The predicted octanol–water partition coefficient (Wildman–Crippen LogP) is 6.97. The summed E-state index contributed by atoms with van der Waals surface area (Å²) in [5.41, 5.74) is 16.6. The minimum Gasteiger partial charge on any atom is -0.438 e. The first-order valence-electron chi connectivity index (χ1n) is 13.7. The molecular formula is C31H42N2O4. The van der Waals surface area contributed by atoms with Crippen molar-refractivity contribution >= 4 is 12.2 Å².